The van der Waals surface area contributed by atoms with Crippen LogP contribution >= 0.6 is 0 Å². The molecule has 0 saturated carbocycles. The number of Topliss-reactive ketones (excluding diaryl/α,β-unsaturated/α-hetero) is 1. The number of ether oxygens (including phenoxy) is 1. The van der Waals surface area contributed by atoms with E-state index in [9.17, 15) is 14.4 Å². The standard InChI is InChI=1S/C18H32N2O4/c1-16(2,3)12(21)11-13(22)19(10)14(17(4,5)6)20(11)15(23)24-18(7,8)9/h11,14H,1-10H3/t11-,14-/m0/s1. The number of carbonyl (C=O) groups is 3. The highest BCUT2D eigenvalue weighted by atomic mass is 16.6. The monoisotopic (exact) mass is 340 g/mol. The van der Waals surface area contributed by atoms with Gasteiger partial charge in [0.05, 0.1) is 0 Å². The molecule has 138 valence electrons. The largest absolute Gasteiger partial charge is 0.444 e. The van der Waals surface area contributed by atoms with Gasteiger partial charge in [-0.2, -0.15) is 0 Å². The molecule has 1 aliphatic heterocycles. The van der Waals surface area contributed by atoms with Crippen LogP contribution in [0, 0.1) is 10.8 Å². The summed E-state index contributed by atoms with van der Waals surface area (Å²) in [6.07, 6.45) is -1.18. The highest BCUT2D eigenvalue weighted by molar-refractivity contribution is 6.10. The third-order valence-corrected chi connectivity index (χ3v) is 3.86. The van der Waals surface area contributed by atoms with Crippen molar-refractivity contribution in [1.29, 1.82) is 0 Å². The van der Waals surface area contributed by atoms with E-state index in [1.165, 1.54) is 9.80 Å². The fraction of sp³-hybridized carbons (Fsp3) is 0.833. The normalized spacial score (nSPS) is 22.8. The Labute approximate surface area is 145 Å². The molecular formula is C18H32N2O4. The third-order valence-electron chi connectivity index (χ3n) is 3.86. The van der Waals surface area contributed by atoms with Crippen molar-refractivity contribution >= 4 is 17.8 Å². The molecule has 6 nitrogen and oxygen atoms in total. The van der Waals surface area contributed by atoms with Crippen molar-refractivity contribution in [3.63, 3.8) is 0 Å². The van der Waals surface area contributed by atoms with Gasteiger partial charge in [0.2, 0.25) is 0 Å². The number of hydrogen-bond acceptors (Lipinski definition) is 4. The van der Waals surface area contributed by atoms with Crippen LogP contribution in [-0.2, 0) is 14.3 Å². The minimum absolute atomic E-state index is 0.281. The average Bonchev–Trinajstić information content (AvgIpc) is 2.57. The van der Waals surface area contributed by atoms with Crippen molar-refractivity contribution < 1.29 is 19.1 Å². The molecule has 1 aliphatic rings. The van der Waals surface area contributed by atoms with Gasteiger partial charge in [-0.25, -0.2) is 4.79 Å². The van der Waals surface area contributed by atoms with Gasteiger partial charge in [-0.1, -0.05) is 41.5 Å². The molecule has 0 aromatic heterocycles. The van der Waals surface area contributed by atoms with Gasteiger partial charge in [0, 0.05) is 17.9 Å². The van der Waals surface area contributed by atoms with Crippen LogP contribution in [0.25, 0.3) is 0 Å². The van der Waals surface area contributed by atoms with Crippen molar-refractivity contribution in [2.75, 3.05) is 7.05 Å². The van der Waals surface area contributed by atoms with Crippen LogP contribution in [0.4, 0.5) is 4.79 Å². The van der Waals surface area contributed by atoms with E-state index < -0.39 is 34.7 Å². The van der Waals surface area contributed by atoms with Gasteiger partial charge < -0.3 is 9.64 Å². The van der Waals surface area contributed by atoms with Crippen molar-refractivity contribution in [3.05, 3.63) is 0 Å². The van der Waals surface area contributed by atoms with Crippen LogP contribution < -0.4 is 0 Å². The van der Waals surface area contributed by atoms with Crippen LogP contribution in [-0.4, -0.2) is 52.4 Å². The molecule has 6 heteroatoms. The lowest BCUT2D eigenvalue weighted by Crippen LogP contribution is -2.55. The predicted molar refractivity (Wildman–Crippen MR) is 92.3 cm³/mol. The van der Waals surface area contributed by atoms with Crippen LogP contribution in [0.5, 0.6) is 0 Å². The van der Waals surface area contributed by atoms with E-state index in [1.807, 2.05) is 20.8 Å². The summed E-state index contributed by atoms with van der Waals surface area (Å²) in [7, 11) is 1.63. The molecule has 2 atom stereocenters. The summed E-state index contributed by atoms with van der Waals surface area (Å²) in [6, 6.07) is -1.14. The molecule has 0 aliphatic carbocycles. The topological polar surface area (TPSA) is 66.9 Å². The fourth-order valence-electron chi connectivity index (χ4n) is 2.93. The van der Waals surface area contributed by atoms with Gasteiger partial charge in [-0.15, -0.1) is 0 Å². The Hall–Kier alpha value is -1.59. The summed E-state index contributed by atoms with van der Waals surface area (Å²) in [6.45, 7) is 16.3. The average molecular weight is 340 g/mol. The lowest BCUT2D eigenvalue weighted by atomic mass is 9.85. The summed E-state index contributed by atoms with van der Waals surface area (Å²) in [5.74, 6) is -0.641. The second kappa shape index (κ2) is 6.05. The van der Waals surface area contributed by atoms with Crippen LogP contribution in [0.1, 0.15) is 62.3 Å². The number of nitrogens with zero attached hydrogens (tertiary/aromatic N) is 2. The maximum Gasteiger partial charge on any atom is 0.413 e. The molecule has 1 heterocycles. The SMILES string of the molecule is CN1C(=O)[C@H](C(=O)C(C)(C)C)N(C(=O)OC(C)(C)C)[C@H]1C(C)(C)C. The molecule has 0 bridgehead atoms. The van der Waals surface area contributed by atoms with E-state index in [0.717, 1.165) is 0 Å². The number of likely N-dealkylation sites (N-methyl/N-ethyl adjacent to an activating group) is 1. The van der Waals surface area contributed by atoms with E-state index in [4.69, 9.17) is 4.74 Å². The number of ketones is 1. The Bertz CT molecular complexity index is 535. The Morgan fingerprint density at radius 1 is 0.958 bits per heavy atom. The molecule has 0 unspecified atom stereocenters. The van der Waals surface area contributed by atoms with Gasteiger partial charge in [0.25, 0.3) is 5.91 Å². The van der Waals surface area contributed by atoms with Crippen molar-refractivity contribution in [2.45, 2.75) is 80.1 Å². The molecule has 0 N–H and O–H groups in total. The van der Waals surface area contributed by atoms with Crippen LogP contribution in [0.15, 0.2) is 0 Å². The van der Waals surface area contributed by atoms with Crippen LogP contribution in [0.3, 0.4) is 0 Å². The first-order valence-corrected chi connectivity index (χ1v) is 8.31. The second-order valence-corrected chi connectivity index (χ2v) is 9.59. The zero-order valence-corrected chi connectivity index (χ0v) is 16.7. The highest BCUT2D eigenvalue weighted by Gasteiger charge is 2.56. The van der Waals surface area contributed by atoms with E-state index in [-0.39, 0.29) is 11.7 Å². The first-order chi connectivity index (χ1) is 10.5. The molecule has 0 radical (unpaired) electrons. The van der Waals surface area contributed by atoms with E-state index in [0.29, 0.717) is 0 Å². The van der Waals surface area contributed by atoms with Gasteiger partial charge in [0.15, 0.2) is 11.8 Å². The van der Waals surface area contributed by atoms with Crippen molar-refractivity contribution in [1.82, 2.24) is 9.80 Å². The zero-order chi connectivity index (χ0) is 19.2. The van der Waals surface area contributed by atoms with Gasteiger partial charge in [-0.05, 0) is 20.8 Å². The van der Waals surface area contributed by atoms with Crippen molar-refractivity contribution in [3.8, 4) is 0 Å². The molecule has 24 heavy (non-hydrogen) atoms. The van der Waals surface area contributed by atoms with Gasteiger partial charge in [-0.3, -0.25) is 14.5 Å². The Morgan fingerprint density at radius 2 is 1.42 bits per heavy atom. The van der Waals surface area contributed by atoms with E-state index in [1.54, 1.807) is 48.6 Å². The molecular weight excluding hydrogens is 308 g/mol. The fourth-order valence-corrected chi connectivity index (χ4v) is 2.93. The zero-order valence-electron chi connectivity index (χ0n) is 16.7. The summed E-state index contributed by atoms with van der Waals surface area (Å²) in [4.78, 5) is 41.3. The smallest absolute Gasteiger partial charge is 0.413 e. The summed E-state index contributed by atoms with van der Waals surface area (Å²) >= 11 is 0. The minimum Gasteiger partial charge on any atom is -0.444 e. The molecule has 1 saturated heterocycles. The molecule has 0 aromatic rings. The van der Waals surface area contributed by atoms with Gasteiger partial charge >= 0.3 is 6.09 Å². The first kappa shape index (κ1) is 20.5. The number of carbonyl (C=O) groups excluding carboxylic acids is 3. The maximum atomic E-state index is 12.9. The quantitative estimate of drug-likeness (QED) is 0.688. The number of hydrogen-bond donors (Lipinski definition) is 0. The lowest BCUT2D eigenvalue weighted by molar-refractivity contribution is -0.138. The molecule has 0 spiro atoms. The van der Waals surface area contributed by atoms with Crippen molar-refractivity contribution in [2.24, 2.45) is 10.8 Å². The highest BCUT2D eigenvalue weighted by Crippen LogP contribution is 2.37. The Morgan fingerprint density at radius 3 is 1.75 bits per heavy atom. The minimum atomic E-state index is -1.14. The molecule has 1 rings (SSSR count). The maximum absolute atomic E-state index is 12.9. The number of amides is 2. The molecule has 2 amide bonds. The molecule has 0 aromatic carbocycles. The predicted octanol–water partition coefficient (Wildman–Crippen LogP) is 3.05. The summed E-state index contributed by atoms with van der Waals surface area (Å²) in [5.41, 5.74) is -1.87. The Balaban J connectivity index is 3.41. The van der Waals surface area contributed by atoms with Gasteiger partial charge in [0.1, 0.15) is 11.8 Å². The van der Waals surface area contributed by atoms with Crippen LogP contribution in [0.2, 0.25) is 0 Å². The Kier molecular flexibility index (Phi) is 5.15. The summed E-state index contributed by atoms with van der Waals surface area (Å²) < 4.78 is 5.49. The first-order valence-electron chi connectivity index (χ1n) is 8.31. The second-order valence-electron chi connectivity index (χ2n) is 9.59. The molecule has 1 fully saturated rings. The third kappa shape index (κ3) is 4.08. The number of rotatable bonds is 1. The summed E-state index contributed by atoms with van der Waals surface area (Å²) in [5, 5.41) is 0. The van der Waals surface area contributed by atoms with E-state index >= 15 is 0 Å². The van der Waals surface area contributed by atoms with E-state index in [2.05, 4.69) is 0 Å². The lowest BCUT2D eigenvalue weighted by Gasteiger charge is -2.39.